The Labute approximate surface area is 51.1 Å². The quantitative estimate of drug-likeness (QED) is 0.336. The van der Waals surface area contributed by atoms with Gasteiger partial charge >= 0.3 is 11.9 Å². The number of nitrogens with two attached hydrogens (primary N) is 1. The number of carbonyl (C=O) groups is 2. The van der Waals surface area contributed by atoms with Gasteiger partial charge in [-0.05, 0) is 0 Å². The van der Waals surface area contributed by atoms with Crippen molar-refractivity contribution in [1.29, 1.82) is 0 Å². The first-order valence-corrected chi connectivity index (χ1v) is 2.24. The van der Waals surface area contributed by atoms with Crippen molar-refractivity contribution in [1.82, 2.24) is 0 Å². The SMILES string of the molecule is [15NH2][13C@@H](CC(=O)O)C(=O)O. The summed E-state index contributed by atoms with van der Waals surface area (Å²) in [5.74, 6) is -2.50. The Morgan fingerprint density at radius 1 is 1.44 bits per heavy atom. The first kappa shape index (κ1) is 7.90. The molecule has 0 aliphatic carbocycles. The van der Waals surface area contributed by atoms with Gasteiger partial charge in [0.2, 0.25) is 0 Å². The third-order valence-corrected chi connectivity index (χ3v) is 0.712. The summed E-state index contributed by atoms with van der Waals surface area (Å²) in [5.41, 5.74) is 4.84. The minimum absolute atomic E-state index is 0.532. The van der Waals surface area contributed by atoms with Crippen LogP contribution in [0, 0.1) is 0 Å². The van der Waals surface area contributed by atoms with E-state index in [1.165, 1.54) is 0 Å². The van der Waals surface area contributed by atoms with E-state index in [9.17, 15) is 9.59 Å². The molecule has 1 atom stereocenters. The molecule has 0 bridgehead atoms. The first-order valence-electron chi connectivity index (χ1n) is 2.24. The van der Waals surface area contributed by atoms with Crippen molar-refractivity contribution in [3.05, 3.63) is 0 Å². The van der Waals surface area contributed by atoms with Crippen LogP contribution in [0.15, 0.2) is 0 Å². The Hall–Kier alpha value is -1.10. The van der Waals surface area contributed by atoms with Gasteiger partial charge in [0.25, 0.3) is 0 Å². The molecule has 0 saturated carbocycles. The van der Waals surface area contributed by atoms with E-state index in [2.05, 4.69) is 0 Å². The van der Waals surface area contributed by atoms with E-state index in [-0.39, 0.29) is 0 Å². The van der Waals surface area contributed by atoms with Crippen molar-refractivity contribution in [2.45, 2.75) is 12.5 Å². The van der Waals surface area contributed by atoms with Crippen LogP contribution in [0.5, 0.6) is 0 Å². The maximum Gasteiger partial charge on any atom is 0.321 e. The number of hydrogen-bond donors (Lipinski definition) is 3. The zero-order valence-electron chi connectivity index (χ0n) is 4.57. The molecule has 0 aliphatic rings. The molecule has 5 nitrogen and oxygen atoms in total. The third-order valence-electron chi connectivity index (χ3n) is 0.712. The lowest BCUT2D eigenvalue weighted by Gasteiger charge is -1.99. The fourth-order valence-corrected chi connectivity index (χ4v) is 0.275. The van der Waals surface area contributed by atoms with Crippen LogP contribution >= 0.6 is 0 Å². The topological polar surface area (TPSA) is 101 Å². The molecule has 0 unspecified atom stereocenters. The Kier molecular flexibility index (Phi) is 2.66. The van der Waals surface area contributed by atoms with Gasteiger partial charge in [0, 0.05) is 0 Å². The standard InChI is InChI=1S/C4H7NO4/c5-2(4(8)9)1-3(6)7/h2H,1,5H2,(H,6,7)(H,8,9)/t2-/m0/s1/i2+1,5+1. The summed E-state index contributed by atoms with van der Waals surface area (Å²) >= 11 is 0. The van der Waals surface area contributed by atoms with E-state index in [1.807, 2.05) is 0 Å². The van der Waals surface area contributed by atoms with Crippen molar-refractivity contribution < 1.29 is 19.8 Å². The van der Waals surface area contributed by atoms with E-state index in [4.69, 9.17) is 15.9 Å². The van der Waals surface area contributed by atoms with E-state index < -0.39 is 24.4 Å². The molecule has 0 aliphatic heterocycles. The highest BCUT2D eigenvalue weighted by Crippen LogP contribution is 1.86. The second-order valence-electron chi connectivity index (χ2n) is 1.54. The van der Waals surface area contributed by atoms with Crippen LogP contribution in [0.3, 0.4) is 0 Å². The summed E-state index contributed by atoms with van der Waals surface area (Å²) in [6.45, 7) is 0. The summed E-state index contributed by atoms with van der Waals surface area (Å²) in [6.07, 6.45) is -0.532. The van der Waals surface area contributed by atoms with Gasteiger partial charge in [-0.25, -0.2) is 0 Å². The van der Waals surface area contributed by atoms with Crippen molar-refractivity contribution >= 4 is 11.9 Å². The van der Waals surface area contributed by atoms with E-state index in [0.717, 1.165) is 0 Å². The highest BCUT2D eigenvalue weighted by Gasteiger charge is 2.14. The van der Waals surface area contributed by atoms with Gasteiger partial charge in [-0.2, -0.15) is 0 Å². The fraction of sp³-hybridized carbons (Fsp3) is 0.500. The lowest BCUT2D eigenvalue weighted by Crippen LogP contribution is -2.32. The largest absolute Gasteiger partial charge is 0.481 e. The Morgan fingerprint density at radius 3 is 2.00 bits per heavy atom. The lowest BCUT2D eigenvalue weighted by molar-refractivity contribution is -0.144. The average molecular weight is 135 g/mol. The molecule has 0 saturated heterocycles. The van der Waals surface area contributed by atoms with Gasteiger partial charge in [-0.1, -0.05) is 0 Å². The minimum atomic E-state index is -1.29. The predicted octanol–water partition coefficient (Wildman–Crippen LogP) is -1.13. The van der Waals surface area contributed by atoms with Crippen molar-refractivity contribution in [2.75, 3.05) is 0 Å². The predicted molar refractivity (Wildman–Crippen MR) is 27.9 cm³/mol. The molecule has 4 N–H and O–H groups in total. The molecule has 0 fully saturated rings. The van der Waals surface area contributed by atoms with Gasteiger partial charge in [0.15, 0.2) is 0 Å². The second kappa shape index (κ2) is 3.03. The molecule has 0 amide bonds. The van der Waals surface area contributed by atoms with Crippen LogP contribution in [-0.4, -0.2) is 28.2 Å². The monoisotopic (exact) mass is 135 g/mol. The molecule has 0 aromatic heterocycles. The normalized spacial score (nSPS) is 12.6. The van der Waals surface area contributed by atoms with Gasteiger partial charge in [-0.3, -0.25) is 9.59 Å². The summed E-state index contributed by atoms with van der Waals surface area (Å²) in [5, 5.41) is 16.0. The Morgan fingerprint density at radius 2 is 1.89 bits per heavy atom. The van der Waals surface area contributed by atoms with Crippen LogP contribution in [0.25, 0.3) is 0 Å². The molecular formula is C4H7NO4. The average Bonchev–Trinajstić information content (AvgIpc) is 1.63. The number of carboxylic acid groups (broad SMARTS) is 2. The molecule has 0 radical (unpaired) electrons. The van der Waals surface area contributed by atoms with Gasteiger partial charge in [0.1, 0.15) is 6.04 Å². The summed E-state index contributed by atoms with van der Waals surface area (Å²) < 4.78 is 0. The fourth-order valence-electron chi connectivity index (χ4n) is 0.275. The zero-order chi connectivity index (χ0) is 7.44. The molecule has 0 spiro atoms. The van der Waals surface area contributed by atoms with Crippen LogP contribution in [0.4, 0.5) is 0 Å². The molecule has 9 heavy (non-hydrogen) atoms. The number of rotatable bonds is 3. The highest BCUT2D eigenvalue weighted by molar-refractivity contribution is 5.80. The van der Waals surface area contributed by atoms with Gasteiger partial charge < -0.3 is 15.9 Å². The molecule has 5 heteroatoms. The summed E-state index contributed by atoms with van der Waals surface area (Å²) in [4.78, 5) is 19.6. The third kappa shape index (κ3) is 3.48. The smallest absolute Gasteiger partial charge is 0.321 e. The van der Waals surface area contributed by atoms with E-state index >= 15 is 0 Å². The van der Waals surface area contributed by atoms with E-state index in [1.54, 1.807) is 0 Å². The molecule has 0 aromatic rings. The number of aliphatic carboxylic acids is 2. The van der Waals surface area contributed by atoms with Crippen molar-refractivity contribution in [3.63, 3.8) is 0 Å². The molecule has 52 valence electrons. The van der Waals surface area contributed by atoms with Gasteiger partial charge in [0.05, 0.1) is 6.42 Å². The van der Waals surface area contributed by atoms with Crippen molar-refractivity contribution in [3.8, 4) is 0 Å². The van der Waals surface area contributed by atoms with Crippen LogP contribution in [0.1, 0.15) is 6.42 Å². The van der Waals surface area contributed by atoms with Crippen LogP contribution in [0.2, 0.25) is 0 Å². The van der Waals surface area contributed by atoms with Crippen molar-refractivity contribution in [2.24, 2.45) is 5.73 Å². The molecule has 0 rings (SSSR count). The van der Waals surface area contributed by atoms with Crippen LogP contribution in [-0.2, 0) is 9.59 Å². The van der Waals surface area contributed by atoms with Crippen LogP contribution < -0.4 is 5.73 Å². The molecule has 0 aromatic carbocycles. The maximum atomic E-state index is 9.85. The maximum absolute atomic E-state index is 9.85. The Bertz CT molecular complexity index is 133. The minimum Gasteiger partial charge on any atom is -0.481 e. The summed E-state index contributed by atoms with van der Waals surface area (Å²) in [7, 11) is 0. The zero-order valence-corrected chi connectivity index (χ0v) is 4.57. The molecule has 0 heterocycles. The summed E-state index contributed by atoms with van der Waals surface area (Å²) in [6, 6.07) is -1.29. The van der Waals surface area contributed by atoms with Gasteiger partial charge in [-0.15, -0.1) is 0 Å². The highest BCUT2D eigenvalue weighted by atomic mass is 16.4. The first-order chi connectivity index (χ1) is 4.04. The number of carboxylic acids is 2. The second-order valence-corrected chi connectivity index (χ2v) is 1.54. The van der Waals surface area contributed by atoms with E-state index in [0.29, 0.717) is 0 Å². The lowest BCUT2D eigenvalue weighted by atomic mass is 10.5. The molecular weight excluding hydrogens is 128 g/mol. The Balaban J connectivity index is 3.63. The number of hydrogen-bond acceptors (Lipinski definition) is 3.